The van der Waals surface area contributed by atoms with E-state index in [2.05, 4.69) is 5.32 Å². The van der Waals surface area contributed by atoms with E-state index in [9.17, 15) is 18.0 Å². The van der Waals surface area contributed by atoms with E-state index in [-0.39, 0.29) is 37.2 Å². The van der Waals surface area contributed by atoms with Crippen LogP contribution in [0.4, 0.5) is 5.69 Å². The third-order valence-corrected chi connectivity index (χ3v) is 8.35. The molecule has 10 heteroatoms. The summed E-state index contributed by atoms with van der Waals surface area (Å²) in [5.41, 5.74) is 1.33. The molecule has 2 aromatic carbocycles. The number of hydrogen-bond donors (Lipinski definition) is 1. The van der Waals surface area contributed by atoms with E-state index in [0.717, 1.165) is 37.5 Å². The quantitative estimate of drug-likeness (QED) is 0.379. The zero-order valence-corrected chi connectivity index (χ0v) is 23.9. The van der Waals surface area contributed by atoms with Crippen LogP contribution in [0.5, 0.6) is 5.75 Å². The van der Waals surface area contributed by atoms with Gasteiger partial charge in [-0.2, -0.15) is 0 Å². The van der Waals surface area contributed by atoms with E-state index in [1.165, 1.54) is 17.5 Å². The first-order chi connectivity index (χ1) is 18.1. The van der Waals surface area contributed by atoms with E-state index < -0.39 is 16.1 Å². The Morgan fingerprint density at radius 1 is 1.13 bits per heavy atom. The van der Waals surface area contributed by atoms with Crippen molar-refractivity contribution in [2.75, 3.05) is 24.2 Å². The van der Waals surface area contributed by atoms with Gasteiger partial charge >= 0.3 is 0 Å². The number of sulfonamides is 1. The largest absolute Gasteiger partial charge is 0.495 e. The fraction of sp³-hybridized carbons (Fsp3) is 0.500. The van der Waals surface area contributed by atoms with Crippen LogP contribution >= 0.6 is 11.6 Å². The van der Waals surface area contributed by atoms with Crippen LogP contribution in [-0.4, -0.2) is 57.1 Å². The molecule has 0 spiro atoms. The maximum absolute atomic E-state index is 13.5. The van der Waals surface area contributed by atoms with Crippen LogP contribution in [0.25, 0.3) is 0 Å². The third-order valence-electron chi connectivity index (χ3n) is 6.86. The molecule has 1 saturated carbocycles. The summed E-state index contributed by atoms with van der Waals surface area (Å²) < 4.78 is 31.5. The first kappa shape index (κ1) is 29.8. The lowest BCUT2D eigenvalue weighted by molar-refractivity contribution is -0.141. The minimum absolute atomic E-state index is 0.0932. The highest BCUT2D eigenvalue weighted by Gasteiger charge is 2.30. The average molecular weight is 564 g/mol. The lowest BCUT2D eigenvalue weighted by Crippen LogP contribution is -2.51. The molecule has 0 heterocycles. The predicted molar refractivity (Wildman–Crippen MR) is 151 cm³/mol. The van der Waals surface area contributed by atoms with E-state index in [1.54, 1.807) is 17.0 Å². The Morgan fingerprint density at radius 2 is 1.82 bits per heavy atom. The molecule has 1 aliphatic carbocycles. The number of ether oxygens (including phenoxy) is 1. The summed E-state index contributed by atoms with van der Waals surface area (Å²) in [4.78, 5) is 28.4. The SMILES string of the molecule is CC[C@@H](C(=O)NC1CCCC1)N(Cc1ccccc1)C(=O)CCCN(c1ccc(OC)c(Cl)c1)S(C)(=O)=O. The number of carbonyl (C=O) groups excluding carboxylic acids is 2. The van der Waals surface area contributed by atoms with Crippen molar-refractivity contribution in [3.63, 3.8) is 0 Å². The predicted octanol–water partition coefficient (Wildman–Crippen LogP) is 4.76. The molecule has 2 aromatic rings. The maximum Gasteiger partial charge on any atom is 0.243 e. The van der Waals surface area contributed by atoms with E-state index in [0.29, 0.717) is 29.4 Å². The second-order valence-corrected chi connectivity index (χ2v) is 12.0. The van der Waals surface area contributed by atoms with Gasteiger partial charge < -0.3 is 15.0 Å². The van der Waals surface area contributed by atoms with Gasteiger partial charge in [-0.15, -0.1) is 0 Å². The zero-order valence-electron chi connectivity index (χ0n) is 22.4. The van der Waals surface area contributed by atoms with Crippen molar-refractivity contribution in [3.8, 4) is 5.75 Å². The molecule has 0 bridgehead atoms. The highest BCUT2D eigenvalue weighted by molar-refractivity contribution is 7.92. The molecule has 38 heavy (non-hydrogen) atoms. The molecule has 3 rings (SSSR count). The maximum atomic E-state index is 13.5. The molecule has 2 amide bonds. The first-order valence-electron chi connectivity index (χ1n) is 13.1. The summed E-state index contributed by atoms with van der Waals surface area (Å²) in [7, 11) is -2.14. The smallest absolute Gasteiger partial charge is 0.243 e. The molecule has 0 aliphatic heterocycles. The lowest BCUT2D eigenvalue weighted by Gasteiger charge is -2.32. The molecule has 0 radical (unpaired) electrons. The number of halogens is 1. The lowest BCUT2D eigenvalue weighted by atomic mass is 10.1. The molecule has 0 aromatic heterocycles. The van der Waals surface area contributed by atoms with Crippen molar-refractivity contribution in [1.82, 2.24) is 10.2 Å². The van der Waals surface area contributed by atoms with Crippen LogP contribution in [0.2, 0.25) is 5.02 Å². The van der Waals surface area contributed by atoms with E-state index in [1.807, 2.05) is 37.3 Å². The summed E-state index contributed by atoms with van der Waals surface area (Å²) >= 11 is 6.22. The van der Waals surface area contributed by atoms with Crippen molar-refractivity contribution >= 4 is 39.1 Å². The second kappa shape index (κ2) is 13.8. The van der Waals surface area contributed by atoms with Gasteiger partial charge in [0.05, 0.1) is 24.1 Å². The molecule has 1 atom stereocenters. The Bertz CT molecular complexity index is 1190. The molecule has 1 fully saturated rings. The minimum atomic E-state index is -3.62. The Balaban J connectivity index is 1.74. The molecule has 8 nitrogen and oxygen atoms in total. The normalized spacial score (nSPS) is 14.6. The number of rotatable bonds is 13. The van der Waals surface area contributed by atoms with Crippen molar-refractivity contribution in [2.45, 2.75) is 70.5 Å². The number of methoxy groups -OCH3 is 1. The highest BCUT2D eigenvalue weighted by atomic mass is 35.5. The van der Waals surface area contributed by atoms with Gasteiger partial charge in [-0.1, -0.05) is 61.7 Å². The van der Waals surface area contributed by atoms with Crippen molar-refractivity contribution in [1.29, 1.82) is 0 Å². The Labute approximate surface area is 231 Å². The molecule has 1 aliphatic rings. The summed E-state index contributed by atoms with van der Waals surface area (Å²) in [6, 6.07) is 13.9. The summed E-state index contributed by atoms with van der Waals surface area (Å²) in [5.74, 6) is 0.120. The number of nitrogens with zero attached hydrogens (tertiary/aromatic N) is 2. The summed E-state index contributed by atoms with van der Waals surface area (Å²) in [5, 5.41) is 3.43. The number of carbonyl (C=O) groups is 2. The van der Waals surface area contributed by atoms with Crippen LogP contribution in [0.1, 0.15) is 57.4 Å². The second-order valence-electron chi connectivity index (χ2n) is 9.68. The summed E-state index contributed by atoms with van der Waals surface area (Å²) in [6.07, 6.45) is 6.11. The van der Waals surface area contributed by atoms with Crippen LogP contribution < -0.4 is 14.4 Å². The average Bonchev–Trinajstić information content (AvgIpc) is 3.39. The standard InChI is InChI=1S/C28H38ClN3O5S/c1-4-25(28(34)30-22-13-8-9-14-22)31(20-21-11-6-5-7-12-21)27(33)15-10-18-32(38(3,35)36)23-16-17-26(37-2)24(29)19-23/h5-7,11-12,16-17,19,22,25H,4,8-10,13-15,18,20H2,1-3H3,(H,30,34)/t25-/m0/s1. The van der Waals surface area contributed by atoms with Crippen LogP contribution in [0.15, 0.2) is 48.5 Å². The summed E-state index contributed by atoms with van der Waals surface area (Å²) in [6.45, 7) is 2.31. The van der Waals surface area contributed by atoms with Gasteiger partial charge in [0.25, 0.3) is 0 Å². The molecular formula is C28H38ClN3O5S. The van der Waals surface area contributed by atoms with Gasteiger partial charge in [0.15, 0.2) is 0 Å². The molecule has 208 valence electrons. The molecule has 1 N–H and O–H groups in total. The van der Waals surface area contributed by atoms with Gasteiger partial charge in [-0.25, -0.2) is 8.42 Å². The molecule has 0 unspecified atom stereocenters. The molecular weight excluding hydrogens is 526 g/mol. The Hall–Kier alpha value is -2.78. The number of hydrogen-bond acceptors (Lipinski definition) is 5. The van der Waals surface area contributed by atoms with E-state index >= 15 is 0 Å². The Morgan fingerprint density at radius 3 is 2.39 bits per heavy atom. The van der Waals surface area contributed by atoms with Gasteiger partial charge in [-0.05, 0) is 49.4 Å². The first-order valence-corrected chi connectivity index (χ1v) is 15.3. The number of amides is 2. The van der Waals surface area contributed by atoms with Crippen molar-refractivity contribution < 1.29 is 22.7 Å². The van der Waals surface area contributed by atoms with Crippen LogP contribution in [0, 0.1) is 0 Å². The van der Waals surface area contributed by atoms with Gasteiger partial charge in [0, 0.05) is 25.6 Å². The Kier molecular flexibility index (Phi) is 10.8. The number of benzene rings is 2. The number of anilines is 1. The number of nitrogens with one attached hydrogen (secondary N) is 1. The molecule has 0 saturated heterocycles. The van der Waals surface area contributed by atoms with Gasteiger partial charge in [0.2, 0.25) is 21.8 Å². The third kappa shape index (κ3) is 8.11. The van der Waals surface area contributed by atoms with E-state index in [4.69, 9.17) is 16.3 Å². The zero-order chi connectivity index (χ0) is 27.7. The van der Waals surface area contributed by atoms with Crippen molar-refractivity contribution in [3.05, 3.63) is 59.1 Å². The fourth-order valence-corrected chi connectivity index (χ4v) is 6.09. The topological polar surface area (TPSA) is 96.0 Å². The van der Waals surface area contributed by atoms with Gasteiger partial charge in [-0.3, -0.25) is 13.9 Å². The fourth-order valence-electron chi connectivity index (χ4n) is 4.88. The highest BCUT2D eigenvalue weighted by Crippen LogP contribution is 2.30. The monoisotopic (exact) mass is 563 g/mol. The minimum Gasteiger partial charge on any atom is -0.495 e. The van der Waals surface area contributed by atoms with Crippen LogP contribution in [-0.2, 0) is 26.2 Å². The van der Waals surface area contributed by atoms with Crippen molar-refractivity contribution in [2.24, 2.45) is 0 Å². The van der Waals surface area contributed by atoms with Crippen LogP contribution in [0.3, 0.4) is 0 Å². The van der Waals surface area contributed by atoms with Gasteiger partial charge in [0.1, 0.15) is 11.8 Å².